The fourth-order valence-electron chi connectivity index (χ4n) is 2.09. The first-order valence-electron chi connectivity index (χ1n) is 5.82. The lowest BCUT2D eigenvalue weighted by Crippen LogP contribution is -2.38. The third kappa shape index (κ3) is 2.61. The molecule has 0 saturated carbocycles. The van der Waals surface area contributed by atoms with Crippen LogP contribution >= 0.6 is 0 Å². The van der Waals surface area contributed by atoms with Gasteiger partial charge < -0.3 is 15.2 Å². The Morgan fingerprint density at radius 2 is 2.50 bits per heavy atom. The molecule has 5 heteroatoms. The van der Waals surface area contributed by atoms with Crippen molar-refractivity contribution >= 4 is 5.82 Å². The van der Waals surface area contributed by atoms with Crippen molar-refractivity contribution in [1.29, 1.82) is 0 Å². The lowest BCUT2D eigenvalue weighted by Gasteiger charge is -2.24. The summed E-state index contributed by atoms with van der Waals surface area (Å²) in [6.07, 6.45) is 3.91. The average Bonchev–Trinajstić information content (AvgIpc) is 2.78. The fraction of sp³-hybridized carbons (Fsp3) is 0.636. The minimum Gasteiger partial charge on any atom is -0.355 e. The normalized spacial score (nSPS) is 19.9. The lowest BCUT2D eigenvalue weighted by atomic mass is 10.2. The molecule has 0 bridgehead atoms. The highest BCUT2D eigenvalue weighted by Gasteiger charge is 2.17. The molecule has 0 radical (unpaired) electrons. The van der Waals surface area contributed by atoms with Crippen molar-refractivity contribution in [1.82, 2.24) is 15.3 Å². The predicted molar refractivity (Wildman–Crippen MR) is 63.8 cm³/mol. The fourth-order valence-corrected chi connectivity index (χ4v) is 2.09. The molecular formula is C11H18N4O. The summed E-state index contributed by atoms with van der Waals surface area (Å²) in [4.78, 5) is 20.1. The molecule has 1 aromatic rings. The lowest BCUT2D eigenvalue weighted by molar-refractivity contribution is 0.583. The van der Waals surface area contributed by atoms with E-state index in [0.29, 0.717) is 6.04 Å². The number of anilines is 1. The van der Waals surface area contributed by atoms with Gasteiger partial charge in [0.1, 0.15) is 5.82 Å². The van der Waals surface area contributed by atoms with Gasteiger partial charge in [-0.3, -0.25) is 4.79 Å². The molecule has 0 spiro atoms. The number of nitrogens with zero attached hydrogens (tertiary/aromatic N) is 2. The van der Waals surface area contributed by atoms with E-state index in [1.54, 1.807) is 6.07 Å². The van der Waals surface area contributed by atoms with Crippen molar-refractivity contribution in [3.8, 4) is 0 Å². The van der Waals surface area contributed by atoms with Gasteiger partial charge in [0.05, 0.1) is 6.33 Å². The van der Waals surface area contributed by atoms with Gasteiger partial charge in [-0.05, 0) is 26.3 Å². The Balaban J connectivity index is 2.06. The van der Waals surface area contributed by atoms with Gasteiger partial charge in [-0.2, -0.15) is 0 Å². The van der Waals surface area contributed by atoms with Crippen molar-refractivity contribution in [2.24, 2.45) is 0 Å². The first-order valence-corrected chi connectivity index (χ1v) is 5.82. The second-order valence-corrected chi connectivity index (χ2v) is 4.10. The van der Waals surface area contributed by atoms with E-state index in [-0.39, 0.29) is 5.56 Å². The molecule has 1 saturated heterocycles. The van der Waals surface area contributed by atoms with Gasteiger partial charge in [0.2, 0.25) is 0 Å². The largest absolute Gasteiger partial charge is 0.355 e. The van der Waals surface area contributed by atoms with Crippen LogP contribution in [0.5, 0.6) is 0 Å². The second-order valence-electron chi connectivity index (χ2n) is 4.10. The van der Waals surface area contributed by atoms with Crippen molar-refractivity contribution in [2.45, 2.75) is 25.8 Å². The molecule has 1 unspecified atom stereocenters. The molecule has 0 aromatic carbocycles. The number of rotatable bonds is 4. The van der Waals surface area contributed by atoms with E-state index in [2.05, 4.69) is 27.1 Å². The van der Waals surface area contributed by atoms with Crippen LogP contribution in [0.15, 0.2) is 17.2 Å². The summed E-state index contributed by atoms with van der Waals surface area (Å²) in [5.41, 5.74) is -0.0946. The van der Waals surface area contributed by atoms with Crippen molar-refractivity contribution < 1.29 is 0 Å². The molecule has 1 aliphatic heterocycles. The van der Waals surface area contributed by atoms with E-state index in [9.17, 15) is 4.79 Å². The Labute approximate surface area is 94.9 Å². The molecule has 5 nitrogen and oxygen atoms in total. The van der Waals surface area contributed by atoms with Crippen LogP contribution in [-0.2, 0) is 0 Å². The highest BCUT2D eigenvalue weighted by atomic mass is 16.1. The Morgan fingerprint density at radius 3 is 3.12 bits per heavy atom. The number of aromatic nitrogens is 2. The second kappa shape index (κ2) is 5.12. The molecule has 1 aliphatic rings. The van der Waals surface area contributed by atoms with Gasteiger partial charge in [0, 0.05) is 25.2 Å². The molecule has 1 aromatic heterocycles. The number of nitrogens with one attached hydrogen (secondary N) is 2. The topological polar surface area (TPSA) is 61.0 Å². The highest BCUT2D eigenvalue weighted by Crippen LogP contribution is 2.11. The van der Waals surface area contributed by atoms with Gasteiger partial charge in [-0.1, -0.05) is 0 Å². The smallest absolute Gasteiger partial charge is 0.252 e. The molecule has 0 aliphatic carbocycles. The zero-order chi connectivity index (χ0) is 11.4. The van der Waals surface area contributed by atoms with E-state index in [0.717, 1.165) is 25.5 Å². The third-order valence-electron chi connectivity index (χ3n) is 2.97. The van der Waals surface area contributed by atoms with Crippen LogP contribution in [0.25, 0.3) is 0 Å². The number of hydrogen-bond donors (Lipinski definition) is 2. The minimum absolute atomic E-state index is 0.0946. The SMILES string of the molecule is CCN(CC1CCCN1)c1cc(=O)[nH]cn1. The maximum atomic E-state index is 11.2. The van der Waals surface area contributed by atoms with Crippen molar-refractivity contribution in [2.75, 3.05) is 24.5 Å². The summed E-state index contributed by atoms with van der Waals surface area (Å²) >= 11 is 0. The molecule has 0 amide bonds. The number of aromatic amines is 1. The quantitative estimate of drug-likeness (QED) is 0.771. The summed E-state index contributed by atoms with van der Waals surface area (Å²) in [6.45, 7) is 4.98. The monoisotopic (exact) mass is 222 g/mol. The third-order valence-corrected chi connectivity index (χ3v) is 2.97. The summed E-state index contributed by atoms with van der Waals surface area (Å²) in [5, 5.41) is 3.45. The highest BCUT2D eigenvalue weighted by molar-refractivity contribution is 5.36. The van der Waals surface area contributed by atoms with Crippen LogP contribution in [-0.4, -0.2) is 35.6 Å². The molecule has 16 heavy (non-hydrogen) atoms. The van der Waals surface area contributed by atoms with Crippen molar-refractivity contribution in [3.63, 3.8) is 0 Å². The van der Waals surface area contributed by atoms with Crippen LogP contribution in [0, 0.1) is 0 Å². The number of likely N-dealkylation sites (N-methyl/N-ethyl adjacent to an activating group) is 1. The summed E-state index contributed by atoms with van der Waals surface area (Å²) in [5.74, 6) is 0.764. The predicted octanol–water partition coefficient (Wildman–Crippen LogP) is 0.348. The molecule has 2 heterocycles. The van der Waals surface area contributed by atoms with Crippen LogP contribution in [0.4, 0.5) is 5.82 Å². The van der Waals surface area contributed by atoms with Crippen molar-refractivity contribution in [3.05, 3.63) is 22.7 Å². The maximum absolute atomic E-state index is 11.2. The Hall–Kier alpha value is -1.36. The van der Waals surface area contributed by atoms with Gasteiger partial charge >= 0.3 is 0 Å². The van der Waals surface area contributed by atoms with Crippen LogP contribution in [0.2, 0.25) is 0 Å². The average molecular weight is 222 g/mol. The minimum atomic E-state index is -0.0946. The number of H-pyrrole nitrogens is 1. The van der Waals surface area contributed by atoms with Crippen LogP contribution < -0.4 is 15.8 Å². The van der Waals surface area contributed by atoms with Crippen LogP contribution in [0.1, 0.15) is 19.8 Å². The first-order chi connectivity index (χ1) is 7.79. The Bertz CT molecular complexity index is 384. The van der Waals surface area contributed by atoms with E-state index < -0.39 is 0 Å². The molecule has 2 N–H and O–H groups in total. The van der Waals surface area contributed by atoms with E-state index in [4.69, 9.17) is 0 Å². The number of hydrogen-bond acceptors (Lipinski definition) is 4. The summed E-state index contributed by atoms with van der Waals surface area (Å²) < 4.78 is 0. The maximum Gasteiger partial charge on any atom is 0.252 e. The Kier molecular flexibility index (Phi) is 3.56. The molecular weight excluding hydrogens is 204 g/mol. The van der Waals surface area contributed by atoms with E-state index in [1.807, 2.05) is 0 Å². The van der Waals surface area contributed by atoms with E-state index in [1.165, 1.54) is 19.2 Å². The Morgan fingerprint density at radius 1 is 1.62 bits per heavy atom. The van der Waals surface area contributed by atoms with Gasteiger partial charge in [-0.15, -0.1) is 0 Å². The molecule has 88 valence electrons. The van der Waals surface area contributed by atoms with Crippen LogP contribution in [0.3, 0.4) is 0 Å². The molecule has 1 atom stereocenters. The first kappa shape index (κ1) is 11.1. The molecule has 2 rings (SSSR count). The molecule has 1 fully saturated rings. The van der Waals surface area contributed by atoms with Gasteiger partial charge in [0.25, 0.3) is 5.56 Å². The summed E-state index contributed by atoms with van der Waals surface area (Å²) in [6, 6.07) is 2.08. The van der Waals surface area contributed by atoms with E-state index >= 15 is 0 Å². The standard InChI is InChI=1S/C11H18N4O/c1-2-15(7-9-4-3-5-12-9)10-6-11(16)14-8-13-10/h6,8-9,12H,2-5,7H2,1H3,(H,13,14,16). The van der Waals surface area contributed by atoms with Gasteiger partial charge in [-0.25, -0.2) is 4.98 Å². The zero-order valence-electron chi connectivity index (χ0n) is 9.57. The summed E-state index contributed by atoms with van der Waals surface area (Å²) in [7, 11) is 0. The van der Waals surface area contributed by atoms with Gasteiger partial charge in [0.15, 0.2) is 0 Å². The zero-order valence-corrected chi connectivity index (χ0v) is 9.57.